The Morgan fingerprint density at radius 2 is 1.03 bits per heavy atom. The Morgan fingerprint density at radius 3 is 1.59 bits per heavy atom. The van der Waals surface area contributed by atoms with Crippen molar-refractivity contribution in [3.8, 4) is 0 Å². The number of aliphatic carboxylic acids is 1. The number of nitrogens with two attached hydrogens (primary N) is 1. The summed E-state index contributed by atoms with van der Waals surface area (Å²) in [6.07, 6.45) is 44.7. The highest BCUT2D eigenvalue weighted by Gasteiger charge is 2.28. The third kappa shape index (κ3) is 42.2. The van der Waals surface area contributed by atoms with Gasteiger partial charge in [-0.05, 0) is 44.6 Å². The first-order valence-electron chi connectivity index (χ1n) is 23.6. The lowest BCUT2D eigenvalue weighted by Crippen LogP contribution is -2.34. The molecule has 0 aromatic heterocycles. The number of ether oxygens (including phenoxy) is 2. The number of carbonyl (C=O) groups is 4. The number of esters is 2. The van der Waals surface area contributed by atoms with Crippen molar-refractivity contribution < 1.29 is 52.3 Å². The Labute approximate surface area is 369 Å². The van der Waals surface area contributed by atoms with Gasteiger partial charge in [0, 0.05) is 19.3 Å². The van der Waals surface area contributed by atoms with Crippen molar-refractivity contribution in [1.82, 2.24) is 0 Å². The average Bonchev–Trinajstić information content (AvgIpc) is 3.23. The van der Waals surface area contributed by atoms with E-state index in [0.29, 0.717) is 6.42 Å². The molecule has 0 rings (SSSR count). The van der Waals surface area contributed by atoms with Gasteiger partial charge in [-0.2, -0.15) is 0 Å². The van der Waals surface area contributed by atoms with Crippen LogP contribution in [0.1, 0.15) is 200 Å². The van der Waals surface area contributed by atoms with E-state index in [2.05, 4.69) is 42.7 Å². The number of phosphoric ester groups is 1. The second-order valence-corrected chi connectivity index (χ2v) is 17.4. The zero-order chi connectivity index (χ0) is 45.1. The van der Waals surface area contributed by atoms with Crippen molar-refractivity contribution in [3.05, 3.63) is 48.6 Å². The van der Waals surface area contributed by atoms with E-state index in [1.165, 1.54) is 122 Å². The fourth-order valence-electron chi connectivity index (χ4n) is 6.31. The fraction of sp³-hybridized carbons (Fsp3) is 0.750. The van der Waals surface area contributed by atoms with Crippen molar-refractivity contribution in [1.29, 1.82) is 0 Å². The van der Waals surface area contributed by atoms with Gasteiger partial charge >= 0.3 is 25.7 Å². The SMILES string of the molecule is CCCCC/C=C\C/C=C\C/C=C\C=C\C(=O)CCCC(=O)O[C@H](COC(=O)CCCCCCCCCCCCCCCCCCCCC)COP(=O)(O)OC[C@H](N)C(=O)O. The Hall–Kier alpha value is -2.89. The molecule has 12 nitrogen and oxygen atoms in total. The number of carbonyl (C=O) groups excluding carboxylic acids is 3. The van der Waals surface area contributed by atoms with Gasteiger partial charge in [-0.15, -0.1) is 0 Å². The monoisotopic (exact) mass is 882 g/mol. The quantitative estimate of drug-likeness (QED) is 0.0131. The molecule has 0 aromatic rings. The zero-order valence-corrected chi connectivity index (χ0v) is 38.9. The number of carboxylic acids is 1. The summed E-state index contributed by atoms with van der Waals surface area (Å²) < 4.78 is 32.5. The highest BCUT2D eigenvalue weighted by molar-refractivity contribution is 7.47. The number of hydrogen-bond acceptors (Lipinski definition) is 10. The van der Waals surface area contributed by atoms with Crippen LogP contribution in [0.5, 0.6) is 0 Å². The van der Waals surface area contributed by atoms with Crippen LogP contribution in [0.2, 0.25) is 0 Å². The van der Waals surface area contributed by atoms with Gasteiger partial charge in [0.15, 0.2) is 11.9 Å². The van der Waals surface area contributed by atoms with Gasteiger partial charge in [-0.3, -0.25) is 28.2 Å². The molecule has 4 N–H and O–H groups in total. The molecule has 0 amide bonds. The minimum absolute atomic E-state index is 0.100. The predicted molar refractivity (Wildman–Crippen MR) is 245 cm³/mol. The minimum atomic E-state index is -4.78. The Bertz CT molecular complexity index is 1280. The maximum atomic E-state index is 12.6. The highest BCUT2D eigenvalue weighted by atomic mass is 31.2. The summed E-state index contributed by atoms with van der Waals surface area (Å²) in [7, 11) is -4.78. The van der Waals surface area contributed by atoms with Crippen LogP contribution in [0.25, 0.3) is 0 Å². The summed E-state index contributed by atoms with van der Waals surface area (Å²) in [5.74, 6) is -2.82. The molecule has 0 aliphatic carbocycles. The number of hydrogen-bond donors (Lipinski definition) is 3. The summed E-state index contributed by atoms with van der Waals surface area (Å²) in [6.45, 7) is 2.55. The topological polar surface area (TPSA) is 189 Å². The number of ketones is 1. The van der Waals surface area contributed by atoms with Crippen LogP contribution < -0.4 is 5.73 Å². The molecule has 0 fully saturated rings. The van der Waals surface area contributed by atoms with E-state index in [4.69, 9.17) is 24.8 Å². The first kappa shape index (κ1) is 58.1. The zero-order valence-electron chi connectivity index (χ0n) is 38.0. The summed E-state index contributed by atoms with van der Waals surface area (Å²) in [6, 6.07) is -1.56. The van der Waals surface area contributed by atoms with E-state index in [1.54, 1.807) is 12.2 Å². The first-order chi connectivity index (χ1) is 29.5. The number of carboxylic acid groups (broad SMARTS) is 1. The fourth-order valence-corrected chi connectivity index (χ4v) is 7.09. The van der Waals surface area contributed by atoms with E-state index in [0.717, 1.165) is 38.5 Å². The predicted octanol–water partition coefficient (Wildman–Crippen LogP) is 12.1. The van der Waals surface area contributed by atoms with Gasteiger partial charge in [0.2, 0.25) is 0 Å². The van der Waals surface area contributed by atoms with Crippen LogP contribution in [-0.2, 0) is 42.3 Å². The molecule has 0 aliphatic rings. The molecule has 3 atom stereocenters. The first-order valence-corrected chi connectivity index (χ1v) is 25.1. The smallest absolute Gasteiger partial charge is 0.472 e. The number of allylic oxidation sites excluding steroid dienone is 8. The summed E-state index contributed by atoms with van der Waals surface area (Å²) in [5, 5.41) is 8.90. The van der Waals surface area contributed by atoms with E-state index in [1.807, 2.05) is 6.08 Å². The Balaban J connectivity index is 4.46. The maximum absolute atomic E-state index is 12.6. The van der Waals surface area contributed by atoms with Gasteiger partial charge in [0.05, 0.1) is 13.2 Å². The van der Waals surface area contributed by atoms with Crippen LogP contribution in [0.3, 0.4) is 0 Å². The third-order valence-corrected chi connectivity index (χ3v) is 11.0. The lowest BCUT2D eigenvalue weighted by Gasteiger charge is -2.20. The molecule has 0 bridgehead atoms. The van der Waals surface area contributed by atoms with Gasteiger partial charge in [0.25, 0.3) is 0 Å². The molecule has 0 saturated heterocycles. The van der Waals surface area contributed by atoms with Crippen LogP contribution in [0, 0.1) is 0 Å². The molecule has 0 saturated carbocycles. The van der Waals surface area contributed by atoms with Gasteiger partial charge in [0.1, 0.15) is 12.6 Å². The number of unbranched alkanes of at least 4 members (excludes halogenated alkanes) is 21. The van der Waals surface area contributed by atoms with Crippen molar-refractivity contribution in [2.24, 2.45) is 5.73 Å². The van der Waals surface area contributed by atoms with Crippen LogP contribution in [0.15, 0.2) is 48.6 Å². The van der Waals surface area contributed by atoms with E-state index in [-0.39, 0.29) is 31.5 Å². The summed E-state index contributed by atoms with van der Waals surface area (Å²) in [5.41, 5.74) is 5.32. The van der Waals surface area contributed by atoms with Crippen LogP contribution in [0.4, 0.5) is 0 Å². The largest absolute Gasteiger partial charge is 0.480 e. The molecule has 0 aromatic carbocycles. The number of phosphoric acid groups is 1. The van der Waals surface area contributed by atoms with Crippen molar-refractivity contribution in [2.45, 2.75) is 212 Å². The van der Waals surface area contributed by atoms with Gasteiger partial charge in [-0.1, -0.05) is 185 Å². The summed E-state index contributed by atoms with van der Waals surface area (Å²) in [4.78, 5) is 58.3. The van der Waals surface area contributed by atoms with E-state index < -0.39 is 57.7 Å². The lowest BCUT2D eigenvalue weighted by molar-refractivity contribution is -0.161. The molecule has 0 aliphatic heterocycles. The molecule has 13 heteroatoms. The van der Waals surface area contributed by atoms with Crippen LogP contribution >= 0.6 is 7.82 Å². The van der Waals surface area contributed by atoms with Crippen molar-refractivity contribution in [2.75, 3.05) is 19.8 Å². The minimum Gasteiger partial charge on any atom is -0.480 e. The molecule has 0 radical (unpaired) electrons. The van der Waals surface area contributed by atoms with Gasteiger partial charge < -0.3 is 25.2 Å². The molecule has 352 valence electrons. The molecular formula is C48H84NO11P. The van der Waals surface area contributed by atoms with Crippen molar-refractivity contribution in [3.63, 3.8) is 0 Å². The second-order valence-electron chi connectivity index (χ2n) is 15.9. The average molecular weight is 882 g/mol. The highest BCUT2D eigenvalue weighted by Crippen LogP contribution is 2.43. The third-order valence-electron chi connectivity index (χ3n) is 10.1. The molecular weight excluding hydrogens is 797 g/mol. The lowest BCUT2D eigenvalue weighted by atomic mass is 10.0. The molecule has 0 heterocycles. The summed E-state index contributed by atoms with van der Waals surface area (Å²) >= 11 is 0. The standard InChI is InChI=1S/C48H84NO11P/c1-3-5-7-9-11-13-15-17-18-19-20-21-22-24-26-28-30-32-34-38-46(51)57-40-44(41-58-61(55,56)59-42-45(49)48(53)54)60-47(52)39-35-37-43(50)36-33-31-29-27-25-23-16-14-12-10-8-6-4-2/h12,14,23,25,29,31,33,36,44-45H,3-11,13,15-22,24,26-28,30,32,34-35,37-42,49H2,1-2H3,(H,53,54)(H,55,56)/b14-12-,25-23-,31-29-,36-33+/t44-,45+/m1/s1. The van der Waals surface area contributed by atoms with Crippen molar-refractivity contribution >= 4 is 31.5 Å². The number of rotatable bonds is 44. The normalized spacial score (nSPS) is 14.0. The Kier molecular flexibility index (Phi) is 40.4. The molecule has 0 spiro atoms. The maximum Gasteiger partial charge on any atom is 0.472 e. The molecule has 1 unspecified atom stereocenters. The van der Waals surface area contributed by atoms with Gasteiger partial charge in [-0.25, -0.2) is 4.57 Å². The molecule has 61 heavy (non-hydrogen) atoms. The Morgan fingerprint density at radius 1 is 0.557 bits per heavy atom. The van der Waals surface area contributed by atoms with E-state index >= 15 is 0 Å². The second kappa shape index (κ2) is 42.4. The van der Waals surface area contributed by atoms with Crippen LogP contribution in [-0.4, -0.2) is 65.7 Å². The van der Waals surface area contributed by atoms with E-state index in [9.17, 15) is 28.6 Å².